The van der Waals surface area contributed by atoms with Crippen LogP contribution < -0.4 is 4.74 Å². The lowest BCUT2D eigenvalue weighted by molar-refractivity contribution is -0.389. The van der Waals surface area contributed by atoms with Gasteiger partial charge in [0.05, 0.1) is 18.1 Å². The van der Waals surface area contributed by atoms with E-state index in [-0.39, 0.29) is 19.0 Å². The van der Waals surface area contributed by atoms with E-state index in [4.69, 9.17) is 14.2 Å². The summed E-state index contributed by atoms with van der Waals surface area (Å²) in [4.78, 5) is 10.1. The molecule has 0 aromatic heterocycles. The minimum atomic E-state index is -0.938. The van der Waals surface area contributed by atoms with Crippen LogP contribution in [0.15, 0.2) is 48.5 Å². The molecule has 0 spiro atoms. The second-order valence-electron chi connectivity index (χ2n) is 4.99. The number of para-hydroxylation sites is 1. The van der Waals surface area contributed by atoms with E-state index in [9.17, 15) is 14.5 Å². The molecule has 120 valence electrons. The molecule has 2 aromatic rings. The van der Waals surface area contributed by atoms with Gasteiger partial charge < -0.3 is 14.2 Å². The molecular weight excluding hydrogens is 305 g/mol. The second-order valence-corrected chi connectivity index (χ2v) is 4.99. The van der Waals surface area contributed by atoms with Crippen molar-refractivity contribution in [1.82, 2.24) is 0 Å². The van der Waals surface area contributed by atoms with E-state index in [0.717, 1.165) is 11.6 Å². The van der Waals surface area contributed by atoms with Gasteiger partial charge in [-0.05, 0) is 12.1 Å². The molecule has 23 heavy (non-hydrogen) atoms. The third kappa shape index (κ3) is 3.46. The predicted octanol–water partition coefficient (Wildman–Crippen LogP) is 3.23. The topological polar surface area (TPSA) is 70.8 Å². The Morgan fingerprint density at radius 2 is 1.78 bits per heavy atom. The van der Waals surface area contributed by atoms with Gasteiger partial charge in [-0.25, -0.2) is 0 Å². The van der Waals surface area contributed by atoms with E-state index in [0.29, 0.717) is 0 Å². The first-order chi connectivity index (χ1) is 11.1. The Hall–Kier alpha value is -2.51. The molecule has 2 aromatic carbocycles. The number of nitro groups is 1. The highest BCUT2D eigenvalue weighted by Gasteiger charge is 2.28. The molecule has 1 heterocycles. The Morgan fingerprint density at radius 3 is 2.43 bits per heavy atom. The van der Waals surface area contributed by atoms with E-state index < -0.39 is 28.8 Å². The van der Waals surface area contributed by atoms with Crippen LogP contribution in [0.1, 0.15) is 11.9 Å². The highest BCUT2D eigenvalue weighted by molar-refractivity contribution is 5.47. The van der Waals surface area contributed by atoms with Gasteiger partial charge in [-0.3, -0.25) is 10.1 Å². The minimum absolute atomic E-state index is 0.134. The van der Waals surface area contributed by atoms with E-state index in [1.165, 1.54) is 12.1 Å². The normalized spacial score (nSPS) is 20.9. The summed E-state index contributed by atoms with van der Waals surface area (Å²) in [5.41, 5.74) is 0.195. The summed E-state index contributed by atoms with van der Waals surface area (Å²) in [7, 11) is 0. The van der Waals surface area contributed by atoms with Gasteiger partial charge in [-0.15, -0.1) is 0 Å². The van der Waals surface area contributed by atoms with Crippen LogP contribution in [0.3, 0.4) is 0 Å². The summed E-state index contributed by atoms with van der Waals surface area (Å²) in [6.45, 7) is 0.375. The quantitative estimate of drug-likeness (QED) is 0.639. The first kappa shape index (κ1) is 15.4. The van der Waals surface area contributed by atoms with E-state index >= 15 is 0 Å². The highest BCUT2D eigenvalue weighted by Crippen LogP contribution is 2.32. The van der Waals surface area contributed by atoms with Gasteiger partial charge in [0, 0.05) is 5.56 Å². The smallest absolute Gasteiger partial charge is 0.346 e. The van der Waals surface area contributed by atoms with Crippen molar-refractivity contribution in [2.75, 3.05) is 13.2 Å². The number of halogens is 1. The zero-order valence-corrected chi connectivity index (χ0v) is 12.1. The largest absolute Gasteiger partial charge is 0.478 e. The van der Waals surface area contributed by atoms with E-state index in [2.05, 4.69) is 0 Å². The molecule has 0 saturated carbocycles. The average molecular weight is 319 g/mol. The predicted molar refractivity (Wildman–Crippen MR) is 78.6 cm³/mol. The molecule has 0 amide bonds. The molecule has 0 atom stereocenters. The minimum Gasteiger partial charge on any atom is -0.478 e. The Morgan fingerprint density at radius 1 is 1.09 bits per heavy atom. The summed E-state index contributed by atoms with van der Waals surface area (Å²) in [5.74, 6) is -1.07. The Balaban J connectivity index is 1.66. The fraction of sp³-hybridized carbons (Fsp3) is 0.250. The van der Waals surface area contributed by atoms with Crippen LogP contribution in [0.5, 0.6) is 5.75 Å². The van der Waals surface area contributed by atoms with Crippen molar-refractivity contribution in [3.63, 3.8) is 0 Å². The van der Waals surface area contributed by atoms with Gasteiger partial charge in [0.1, 0.15) is 6.10 Å². The first-order valence-corrected chi connectivity index (χ1v) is 7.03. The summed E-state index contributed by atoms with van der Waals surface area (Å²) in [5, 5.41) is 10.9. The van der Waals surface area contributed by atoms with Crippen molar-refractivity contribution in [1.29, 1.82) is 0 Å². The fourth-order valence-corrected chi connectivity index (χ4v) is 2.30. The van der Waals surface area contributed by atoms with E-state index in [1.807, 2.05) is 30.3 Å². The van der Waals surface area contributed by atoms with Crippen molar-refractivity contribution in [3.05, 3.63) is 70.0 Å². The summed E-state index contributed by atoms with van der Waals surface area (Å²) in [6, 6.07) is 13.1. The molecular formula is C16H14FNO5. The number of rotatable bonds is 4. The summed E-state index contributed by atoms with van der Waals surface area (Å²) >= 11 is 0. The Kier molecular flexibility index (Phi) is 4.50. The lowest BCUT2D eigenvalue weighted by atomic mass is 10.2. The van der Waals surface area contributed by atoms with E-state index in [1.54, 1.807) is 0 Å². The van der Waals surface area contributed by atoms with Crippen LogP contribution >= 0.6 is 0 Å². The highest BCUT2D eigenvalue weighted by atomic mass is 19.1. The third-order valence-corrected chi connectivity index (χ3v) is 3.36. The van der Waals surface area contributed by atoms with Gasteiger partial charge in [-0.1, -0.05) is 36.4 Å². The number of nitrogens with zero attached hydrogens (tertiary/aromatic N) is 1. The maximum absolute atomic E-state index is 13.6. The van der Waals surface area contributed by atoms with Crippen LogP contribution in [0.25, 0.3) is 0 Å². The SMILES string of the molecule is O=[N+]([O-])c1c(F)cccc1OC1COC(c2ccccc2)OC1. The molecule has 0 unspecified atom stereocenters. The zero-order chi connectivity index (χ0) is 16.2. The number of ether oxygens (including phenoxy) is 3. The molecule has 0 N–H and O–H groups in total. The lowest BCUT2D eigenvalue weighted by Crippen LogP contribution is -2.35. The molecule has 3 rings (SSSR count). The number of hydrogen-bond acceptors (Lipinski definition) is 5. The fourth-order valence-electron chi connectivity index (χ4n) is 2.30. The van der Waals surface area contributed by atoms with Crippen molar-refractivity contribution >= 4 is 5.69 Å². The Labute approximate surface area is 131 Å². The molecule has 0 bridgehead atoms. The zero-order valence-electron chi connectivity index (χ0n) is 12.1. The Bertz CT molecular complexity index is 686. The third-order valence-electron chi connectivity index (χ3n) is 3.36. The van der Waals surface area contributed by atoms with Crippen molar-refractivity contribution in [3.8, 4) is 5.75 Å². The van der Waals surface area contributed by atoms with Crippen LogP contribution in [-0.4, -0.2) is 24.2 Å². The maximum Gasteiger partial charge on any atom is 0.346 e. The molecule has 0 radical (unpaired) electrons. The van der Waals surface area contributed by atoms with Crippen LogP contribution in [0.2, 0.25) is 0 Å². The van der Waals surface area contributed by atoms with Crippen LogP contribution in [0.4, 0.5) is 10.1 Å². The molecule has 0 aliphatic carbocycles. The molecule has 1 aliphatic heterocycles. The van der Waals surface area contributed by atoms with Crippen molar-refractivity contribution < 1.29 is 23.5 Å². The molecule has 1 fully saturated rings. The molecule has 7 heteroatoms. The summed E-state index contributed by atoms with van der Waals surface area (Å²) in [6.07, 6.45) is -1.05. The number of benzene rings is 2. The van der Waals surface area contributed by atoms with Crippen molar-refractivity contribution in [2.24, 2.45) is 0 Å². The van der Waals surface area contributed by atoms with Gasteiger partial charge in [-0.2, -0.15) is 4.39 Å². The molecule has 1 saturated heterocycles. The molecule has 1 aliphatic rings. The second kappa shape index (κ2) is 6.72. The van der Waals surface area contributed by atoms with Crippen LogP contribution in [0, 0.1) is 15.9 Å². The standard InChI is InChI=1S/C16H14FNO5/c17-13-7-4-8-14(15(13)18(19)20)23-12-9-21-16(22-10-12)11-5-2-1-3-6-11/h1-8,12,16H,9-10H2. The number of hydrogen-bond donors (Lipinski definition) is 0. The van der Waals surface area contributed by atoms with Gasteiger partial charge in [0.2, 0.25) is 11.6 Å². The molecule has 6 nitrogen and oxygen atoms in total. The maximum atomic E-state index is 13.6. The van der Waals surface area contributed by atoms with Gasteiger partial charge in [0.25, 0.3) is 0 Å². The first-order valence-electron chi connectivity index (χ1n) is 7.03. The number of nitro benzene ring substituents is 1. The van der Waals surface area contributed by atoms with Crippen molar-refractivity contribution in [2.45, 2.75) is 12.4 Å². The lowest BCUT2D eigenvalue weighted by Gasteiger charge is -2.29. The monoisotopic (exact) mass is 319 g/mol. The van der Waals surface area contributed by atoms with Crippen LogP contribution in [-0.2, 0) is 9.47 Å². The van der Waals surface area contributed by atoms with Gasteiger partial charge in [0.15, 0.2) is 6.29 Å². The average Bonchev–Trinajstić information content (AvgIpc) is 2.56. The van der Waals surface area contributed by atoms with Gasteiger partial charge >= 0.3 is 5.69 Å². The summed E-state index contributed by atoms with van der Waals surface area (Å²) < 4.78 is 30.2.